The fourth-order valence-electron chi connectivity index (χ4n) is 1.48. The zero-order valence-electron chi connectivity index (χ0n) is 11.2. The maximum absolute atomic E-state index is 11.6. The summed E-state index contributed by atoms with van der Waals surface area (Å²) in [6.07, 6.45) is 2.33. The normalized spacial score (nSPS) is 15.3. The van der Waals surface area contributed by atoms with Crippen molar-refractivity contribution >= 4 is 5.91 Å². The number of hydrogen-bond donors (Lipinski definition) is 1. The van der Waals surface area contributed by atoms with Crippen LogP contribution in [0, 0.1) is 0 Å². The van der Waals surface area contributed by atoms with Gasteiger partial charge in [-0.1, -0.05) is 0 Å². The summed E-state index contributed by atoms with van der Waals surface area (Å²) in [7, 11) is 5.93. The molecule has 1 saturated carbocycles. The molecule has 1 aliphatic rings. The highest BCUT2D eigenvalue weighted by Gasteiger charge is 2.28. The topological polar surface area (TPSA) is 44.8 Å². The van der Waals surface area contributed by atoms with Gasteiger partial charge in [0.15, 0.2) is 0 Å². The number of ether oxygens (including phenoxy) is 1. The van der Waals surface area contributed by atoms with Crippen molar-refractivity contribution in [2.45, 2.75) is 18.9 Å². The van der Waals surface area contributed by atoms with Crippen LogP contribution < -0.4 is 5.32 Å². The lowest BCUT2D eigenvalue weighted by Crippen LogP contribution is -2.37. The Morgan fingerprint density at radius 3 is 2.59 bits per heavy atom. The van der Waals surface area contributed by atoms with Gasteiger partial charge >= 0.3 is 0 Å². The number of amides is 1. The first-order chi connectivity index (χ1) is 8.11. The Bertz CT molecular complexity index is 230. The van der Waals surface area contributed by atoms with Gasteiger partial charge in [0, 0.05) is 26.2 Å². The maximum Gasteiger partial charge on any atom is 0.236 e. The van der Waals surface area contributed by atoms with E-state index < -0.39 is 0 Å². The van der Waals surface area contributed by atoms with Crippen molar-refractivity contribution < 1.29 is 9.53 Å². The summed E-state index contributed by atoms with van der Waals surface area (Å²) in [6, 6.07) is 0.501. The van der Waals surface area contributed by atoms with Gasteiger partial charge in [0.2, 0.25) is 5.91 Å². The molecule has 100 valence electrons. The molecule has 1 N–H and O–H groups in total. The van der Waals surface area contributed by atoms with Gasteiger partial charge in [-0.25, -0.2) is 0 Å². The number of rotatable bonds is 9. The van der Waals surface area contributed by atoms with E-state index in [1.165, 1.54) is 0 Å². The first kappa shape index (κ1) is 14.4. The summed E-state index contributed by atoms with van der Waals surface area (Å²) in [4.78, 5) is 15.6. The largest absolute Gasteiger partial charge is 0.379 e. The molecule has 0 spiro atoms. The Labute approximate surface area is 104 Å². The highest BCUT2D eigenvalue weighted by atomic mass is 16.5. The van der Waals surface area contributed by atoms with Gasteiger partial charge in [-0.05, 0) is 26.9 Å². The molecule has 0 aromatic carbocycles. The van der Waals surface area contributed by atoms with E-state index in [1.54, 1.807) is 0 Å². The molecule has 0 aromatic heterocycles. The van der Waals surface area contributed by atoms with Crippen LogP contribution >= 0.6 is 0 Å². The summed E-state index contributed by atoms with van der Waals surface area (Å²) in [6.45, 7) is 3.49. The van der Waals surface area contributed by atoms with E-state index in [2.05, 4.69) is 10.2 Å². The quantitative estimate of drug-likeness (QED) is 0.569. The summed E-state index contributed by atoms with van der Waals surface area (Å²) in [5.41, 5.74) is 0. The van der Waals surface area contributed by atoms with Gasteiger partial charge in [0.25, 0.3) is 0 Å². The number of likely N-dealkylation sites (N-methyl/N-ethyl adjacent to an activating group) is 2. The van der Waals surface area contributed by atoms with Gasteiger partial charge in [-0.3, -0.25) is 4.79 Å². The lowest BCUT2D eigenvalue weighted by atomic mass is 10.4. The zero-order chi connectivity index (χ0) is 12.7. The molecule has 1 aliphatic carbocycles. The fourth-order valence-corrected chi connectivity index (χ4v) is 1.48. The van der Waals surface area contributed by atoms with E-state index >= 15 is 0 Å². The van der Waals surface area contributed by atoms with Crippen molar-refractivity contribution in [1.82, 2.24) is 15.1 Å². The predicted molar refractivity (Wildman–Crippen MR) is 68.0 cm³/mol. The minimum atomic E-state index is 0.181. The van der Waals surface area contributed by atoms with Gasteiger partial charge in [-0.2, -0.15) is 0 Å². The van der Waals surface area contributed by atoms with Crippen LogP contribution in [0.2, 0.25) is 0 Å². The summed E-state index contributed by atoms with van der Waals surface area (Å²) < 4.78 is 5.42. The first-order valence-electron chi connectivity index (χ1n) is 6.30. The third-order valence-corrected chi connectivity index (χ3v) is 2.87. The van der Waals surface area contributed by atoms with Crippen LogP contribution in [0.4, 0.5) is 0 Å². The Morgan fingerprint density at radius 2 is 2.00 bits per heavy atom. The highest BCUT2D eigenvalue weighted by Crippen LogP contribution is 2.24. The zero-order valence-corrected chi connectivity index (χ0v) is 11.2. The van der Waals surface area contributed by atoms with Crippen molar-refractivity contribution in [3.05, 3.63) is 0 Å². The van der Waals surface area contributed by atoms with Gasteiger partial charge in [0.1, 0.15) is 0 Å². The van der Waals surface area contributed by atoms with E-state index in [9.17, 15) is 4.79 Å². The van der Waals surface area contributed by atoms with Crippen LogP contribution in [-0.4, -0.2) is 75.7 Å². The van der Waals surface area contributed by atoms with Crippen LogP contribution in [0.5, 0.6) is 0 Å². The summed E-state index contributed by atoms with van der Waals surface area (Å²) >= 11 is 0. The number of nitrogens with one attached hydrogen (secondary N) is 1. The molecule has 0 aliphatic heterocycles. The summed E-state index contributed by atoms with van der Waals surface area (Å²) in [5, 5.41) is 3.11. The average Bonchev–Trinajstić information content (AvgIpc) is 3.09. The molecule has 1 rings (SSSR count). The molecular formula is C12H25N3O2. The van der Waals surface area contributed by atoms with Gasteiger partial charge in [0.05, 0.1) is 19.8 Å². The van der Waals surface area contributed by atoms with Crippen molar-refractivity contribution in [3.8, 4) is 0 Å². The molecule has 0 aromatic rings. The van der Waals surface area contributed by atoms with Crippen LogP contribution in [0.25, 0.3) is 0 Å². The van der Waals surface area contributed by atoms with E-state index in [-0.39, 0.29) is 5.91 Å². The Kier molecular flexibility index (Phi) is 6.47. The Morgan fingerprint density at radius 1 is 1.29 bits per heavy atom. The molecule has 0 saturated heterocycles. The second kappa shape index (κ2) is 7.63. The molecule has 1 fully saturated rings. The molecule has 0 radical (unpaired) electrons. The lowest BCUT2D eigenvalue weighted by Gasteiger charge is -2.16. The number of carbonyl (C=O) groups excluding carboxylic acids is 1. The smallest absolute Gasteiger partial charge is 0.236 e. The highest BCUT2D eigenvalue weighted by molar-refractivity contribution is 5.78. The average molecular weight is 243 g/mol. The molecule has 5 nitrogen and oxygen atoms in total. The van der Waals surface area contributed by atoms with Gasteiger partial charge in [-0.15, -0.1) is 0 Å². The molecule has 17 heavy (non-hydrogen) atoms. The third kappa shape index (κ3) is 6.61. The van der Waals surface area contributed by atoms with Crippen molar-refractivity contribution in [2.75, 3.05) is 54.0 Å². The van der Waals surface area contributed by atoms with E-state index in [0.717, 1.165) is 32.5 Å². The van der Waals surface area contributed by atoms with E-state index in [4.69, 9.17) is 4.74 Å². The molecule has 0 atom stereocenters. The Balaban J connectivity index is 1.88. The molecular weight excluding hydrogens is 218 g/mol. The second-order valence-electron chi connectivity index (χ2n) is 4.83. The van der Waals surface area contributed by atoms with Gasteiger partial charge < -0.3 is 19.9 Å². The van der Waals surface area contributed by atoms with Crippen molar-refractivity contribution in [1.29, 1.82) is 0 Å². The molecule has 0 bridgehead atoms. The number of hydrogen-bond acceptors (Lipinski definition) is 4. The molecule has 5 heteroatoms. The lowest BCUT2D eigenvalue weighted by molar-refractivity contribution is -0.129. The molecule has 0 heterocycles. The number of carbonyl (C=O) groups is 1. The van der Waals surface area contributed by atoms with Crippen molar-refractivity contribution in [2.24, 2.45) is 0 Å². The predicted octanol–water partition coefficient (Wildman–Crippen LogP) is -0.225. The monoisotopic (exact) mass is 243 g/mol. The second-order valence-corrected chi connectivity index (χ2v) is 4.83. The van der Waals surface area contributed by atoms with Crippen LogP contribution in [-0.2, 0) is 9.53 Å². The summed E-state index contributed by atoms with van der Waals surface area (Å²) in [5.74, 6) is 0.181. The van der Waals surface area contributed by atoms with Crippen LogP contribution in [0.15, 0.2) is 0 Å². The SMILES string of the molecule is CN(C)CCOCCNCC(=O)N(C)C1CC1. The Hall–Kier alpha value is -0.650. The standard InChI is InChI=1S/C12H25N3O2/c1-14(2)7-9-17-8-6-13-10-12(16)15(3)11-4-5-11/h11,13H,4-10H2,1-3H3. The van der Waals surface area contributed by atoms with Crippen molar-refractivity contribution in [3.63, 3.8) is 0 Å². The molecule has 0 unspecified atom stereocenters. The minimum absolute atomic E-state index is 0.181. The van der Waals surface area contributed by atoms with Crippen LogP contribution in [0.3, 0.4) is 0 Å². The van der Waals surface area contributed by atoms with Crippen LogP contribution in [0.1, 0.15) is 12.8 Å². The third-order valence-electron chi connectivity index (χ3n) is 2.87. The first-order valence-corrected chi connectivity index (χ1v) is 6.30. The maximum atomic E-state index is 11.6. The van der Waals surface area contributed by atoms with E-state index in [1.807, 2.05) is 26.0 Å². The fraction of sp³-hybridized carbons (Fsp3) is 0.917. The number of nitrogens with zero attached hydrogens (tertiary/aromatic N) is 2. The van der Waals surface area contributed by atoms with E-state index in [0.29, 0.717) is 19.2 Å². The molecule has 1 amide bonds. The minimum Gasteiger partial charge on any atom is -0.379 e.